The van der Waals surface area contributed by atoms with Crippen LogP contribution < -0.4 is 0 Å². The third-order valence-corrected chi connectivity index (χ3v) is 9.44. The van der Waals surface area contributed by atoms with Crippen molar-refractivity contribution < 1.29 is 0 Å². The maximum Gasteiger partial charge on any atom is 0.0273 e. The van der Waals surface area contributed by atoms with E-state index in [1.165, 1.54) is 88.0 Å². The van der Waals surface area contributed by atoms with E-state index in [4.69, 9.17) is 0 Å². The van der Waals surface area contributed by atoms with E-state index in [9.17, 15) is 0 Å². The Morgan fingerprint density at radius 1 is 0.457 bits per heavy atom. The van der Waals surface area contributed by atoms with Crippen molar-refractivity contribution in [3.05, 3.63) is 163 Å². The van der Waals surface area contributed by atoms with Crippen LogP contribution in [0.4, 0.5) is 0 Å². The Balaban J connectivity index is 1.29. The molecule has 8 rings (SSSR count). The second-order valence-corrected chi connectivity index (χ2v) is 12.3. The van der Waals surface area contributed by atoms with Crippen molar-refractivity contribution in [1.29, 1.82) is 0 Å². The lowest BCUT2D eigenvalue weighted by molar-refractivity contribution is 0.930. The van der Waals surface area contributed by atoms with Gasteiger partial charge < -0.3 is 0 Å². The second-order valence-electron chi connectivity index (χ2n) is 12.3. The van der Waals surface area contributed by atoms with Gasteiger partial charge in [0.15, 0.2) is 0 Å². The van der Waals surface area contributed by atoms with Crippen molar-refractivity contribution in [2.24, 2.45) is 0 Å². The standard InChI is InChI=1S/C45H35N/c1-3-9-34-10-8-11-35-20-21-37(29-43(34)35)44-39-12-4-6-14-41(39)45(42-15-7-5-13-40(42)44)38-23-22-36(28-30(38)2)32-18-16-31(17-19-32)33-24-26-46-27-25-33/h4-8,10-29H,3,9H2,1-2H3. The van der Waals surface area contributed by atoms with Crippen LogP contribution in [0.25, 0.3) is 76.8 Å². The molecular weight excluding hydrogens is 555 g/mol. The van der Waals surface area contributed by atoms with Crippen LogP contribution in [0.2, 0.25) is 0 Å². The van der Waals surface area contributed by atoms with E-state index in [2.05, 4.69) is 158 Å². The fourth-order valence-corrected chi connectivity index (χ4v) is 7.23. The first kappa shape index (κ1) is 28.0. The van der Waals surface area contributed by atoms with Crippen LogP contribution in [-0.4, -0.2) is 4.98 Å². The maximum absolute atomic E-state index is 4.16. The number of rotatable bonds is 6. The lowest BCUT2D eigenvalue weighted by Crippen LogP contribution is -1.93. The largest absolute Gasteiger partial charge is 0.265 e. The molecule has 46 heavy (non-hydrogen) atoms. The van der Waals surface area contributed by atoms with E-state index in [-0.39, 0.29) is 0 Å². The fourth-order valence-electron chi connectivity index (χ4n) is 7.23. The Morgan fingerprint density at radius 2 is 1.02 bits per heavy atom. The molecule has 0 unspecified atom stereocenters. The lowest BCUT2D eigenvalue weighted by Gasteiger charge is -2.19. The van der Waals surface area contributed by atoms with Crippen molar-refractivity contribution in [2.75, 3.05) is 0 Å². The van der Waals surface area contributed by atoms with E-state index < -0.39 is 0 Å². The first-order chi connectivity index (χ1) is 22.7. The molecule has 0 saturated heterocycles. The summed E-state index contributed by atoms with van der Waals surface area (Å²) < 4.78 is 0. The highest BCUT2D eigenvalue weighted by Gasteiger charge is 2.18. The monoisotopic (exact) mass is 589 g/mol. The smallest absolute Gasteiger partial charge is 0.0273 e. The van der Waals surface area contributed by atoms with Gasteiger partial charge in [-0.05, 0) is 119 Å². The van der Waals surface area contributed by atoms with Gasteiger partial charge in [0.1, 0.15) is 0 Å². The van der Waals surface area contributed by atoms with Gasteiger partial charge in [-0.3, -0.25) is 4.98 Å². The molecule has 0 aliphatic heterocycles. The molecule has 220 valence electrons. The molecule has 0 N–H and O–H groups in total. The zero-order valence-corrected chi connectivity index (χ0v) is 26.3. The van der Waals surface area contributed by atoms with Crippen LogP contribution in [0.3, 0.4) is 0 Å². The molecular formula is C45H35N. The Kier molecular flexibility index (Phi) is 7.15. The van der Waals surface area contributed by atoms with Gasteiger partial charge >= 0.3 is 0 Å². The van der Waals surface area contributed by atoms with Crippen LogP contribution >= 0.6 is 0 Å². The maximum atomic E-state index is 4.16. The van der Waals surface area contributed by atoms with Gasteiger partial charge in [0, 0.05) is 12.4 Å². The van der Waals surface area contributed by atoms with Gasteiger partial charge in [-0.2, -0.15) is 0 Å². The number of hydrogen-bond donors (Lipinski definition) is 0. The normalized spacial score (nSPS) is 11.4. The molecule has 0 atom stereocenters. The molecule has 0 amide bonds. The SMILES string of the molecule is CCCc1cccc2ccc(-c3c4ccccc4c(-c4ccc(-c5ccc(-c6ccncc6)cc5)cc4C)c4ccccc34)cc12. The molecule has 1 aromatic heterocycles. The van der Waals surface area contributed by atoms with Gasteiger partial charge in [0.25, 0.3) is 0 Å². The number of aryl methyl sites for hydroxylation is 2. The second kappa shape index (κ2) is 11.8. The summed E-state index contributed by atoms with van der Waals surface area (Å²) in [5.41, 5.74) is 12.7. The van der Waals surface area contributed by atoms with Gasteiger partial charge in [-0.25, -0.2) is 0 Å². The Labute approximate surface area is 270 Å². The van der Waals surface area contributed by atoms with Crippen LogP contribution in [0, 0.1) is 6.92 Å². The number of nitrogens with zero attached hydrogens (tertiary/aromatic N) is 1. The molecule has 0 aliphatic carbocycles. The first-order valence-corrected chi connectivity index (χ1v) is 16.3. The highest BCUT2D eigenvalue weighted by atomic mass is 14.6. The molecule has 0 bridgehead atoms. The molecule has 1 heteroatoms. The Bertz CT molecular complexity index is 2310. The highest BCUT2D eigenvalue weighted by Crippen LogP contribution is 2.45. The fraction of sp³-hybridized carbons (Fsp3) is 0.0889. The summed E-state index contributed by atoms with van der Waals surface area (Å²) in [5.74, 6) is 0. The van der Waals surface area contributed by atoms with Crippen molar-refractivity contribution in [3.63, 3.8) is 0 Å². The van der Waals surface area contributed by atoms with Gasteiger partial charge in [0.05, 0.1) is 0 Å². The van der Waals surface area contributed by atoms with Gasteiger partial charge in [-0.1, -0.05) is 135 Å². The summed E-state index contributed by atoms with van der Waals surface area (Å²) >= 11 is 0. The van der Waals surface area contributed by atoms with E-state index in [1.807, 2.05) is 12.4 Å². The molecule has 1 heterocycles. The van der Waals surface area contributed by atoms with E-state index >= 15 is 0 Å². The highest BCUT2D eigenvalue weighted by molar-refractivity contribution is 6.22. The summed E-state index contributed by atoms with van der Waals surface area (Å²) in [6, 6.07) is 51.6. The summed E-state index contributed by atoms with van der Waals surface area (Å²) in [6.45, 7) is 4.51. The molecule has 0 spiro atoms. The van der Waals surface area contributed by atoms with Gasteiger partial charge in [0.2, 0.25) is 0 Å². The zero-order valence-electron chi connectivity index (χ0n) is 26.3. The van der Waals surface area contributed by atoms with Crippen LogP contribution in [0.1, 0.15) is 24.5 Å². The third-order valence-electron chi connectivity index (χ3n) is 9.44. The predicted molar refractivity (Wildman–Crippen MR) is 197 cm³/mol. The zero-order chi connectivity index (χ0) is 31.0. The molecule has 0 radical (unpaired) electrons. The molecule has 8 aromatic rings. The number of hydrogen-bond acceptors (Lipinski definition) is 1. The molecule has 0 saturated carbocycles. The molecule has 0 fully saturated rings. The number of aromatic nitrogens is 1. The topological polar surface area (TPSA) is 12.9 Å². The Morgan fingerprint density at radius 3 is 1.65 bits per heavy atom. The Hall–Kier alpha value is -5.53. The molecule has 1 nitrogen and oxygen atoms in total. The van der Waals surface area contributed by atoms with E-state index in [0.29, 0.717) is 0 Å². The van der Waals surface area contributed by atoms with Crippen LogP contribution in [0.15, 0.2) is 152 Å². The summed E-state index contributed by atoms with van der Waals surface area (Å²) in [6.07, 6.45) is 5.91. The number of fused-ring (bicyclic) bond motifs is 3. The minimum Gasteiger partial charge on any atom is -0.265 e. The average Bonchev–Trinajstić information content (AvgIpc) is 3.11. The van der Waals surface area contributed by atoms with E-state index in [1.54, 1.807) is 0 Å². The summed E-state index contributed by atoms with van der Waals surface area (Å²) in [5, 5.41) is 7.82. The third kappa shape index (κ3) is 4.86. The quantitative estimate of drug-likeness (QED) is 0.176. The summed E-state index contributed by atoms with van der Waals surface area (Å²) in [4.78, 5) is 4.16. The van der Waals surface area contributed by atoms with Crippen LogP contribution in [0.5, 0.6) is 0 Å². The number of benzene rings is 7. The predicted octanol–water partition coefficient (Wildman–Crippen LogP) is 12.5. The van der Waals surface area contributed by atoms with Gasteiger partial charge in [-0.15, -0.1) is 0 Å². The van der Waals surface area contributed by atoms with Crippen molar-refractivity contribution >= 4 is 32.3 Å². The lowest BCUT2D eigenvalue weighted by atomic mass is 9.84. The summed E-state index contributed by atoms with van der Waals surface area (Å²) in [7, 11) is 0. The number of pyridine rings is 1. The van der Waals surface area contributed by atoms with Crippen LogP contribution in [-0.2, 0) is 6.42 Å². The average molecular weight is 590 g/mol. The minimum absolute atomic E-state index is 1.09. The molecule has 7 aromatic carbocycles. The molecule has 0 aliphatic rings. The van der Waals surface area contributed by atoms with Crippen molar-refractivity contribution in [3.8, 4) is 44.5 Å². The van der Waals surface area contributed by atoms with E-state index in [0.717, 1.165) is 12.8 Å². The van der Waals surface area contributed by atoms with Crippen molar-refractivity contribution in [1.82, 2.24) is 4.98 Å². The van der Waals surface area contributed by atoms with Crippen molar-refractivity contribution in [2.45, 2.75) is 26.7 Å². The first-order valence-electron chi connectivity index (χ1n) is 16.3. The minimum atomic E-state index is 1.09.